The Morgan fingerprint density at radius 2 is 1.52 bits per heavy atom. The van der Waals surface area contributed by atoms with Gasteiger partial charge in [-0.25, -0.2) is 0 Å². The fourth-order valence-electron chi connectivity index (χ4n) is 4.69. The Hall–Kier alpha value is -3.41. The molecule has 2 aromatic carbocycles. The molecule has 1 fully saturated rings. The zero-order valence-corrected chi connectivity index (χ0v) is 17.4. The average Bonchev–Trinajstić information content (AvgIpc) is 3.47. The number of ketones is 1. The number of rotatable bonds is 4. The summed E-state index contributed by atoms with van der Waals surface area (Å²) in [5.41, 5.74) is 3.66. The summed E-state index contributed by atoms with van der Waals surface area (Å²) in [5, 5.41) is 0.719. The van der Waals surface area contributed by atoms with Crippen molar-refractivity contribution >= 4 is 28.5 Å². The molecule has 5 rings (SSSR count). The number of carbonyl (C=O) groups excluding carboxylic acids is 3. The molecular weight excluding hydrogens is 390 g/mol. The SMILES string of the molecule is O=C(C(=O)N1CCCC1)c1cn(CC(=O)N2CCc3ccccc3C2)c2ccccc12. The molecule has 0 radical (unpaired) electrons. The molecule has 2 amide bonds. The molecule has 1 saturated heterocycles. The van der Waals surface area contributed by atoms with Crippen LogP contribution in [0.1, 0.15) is 34.3 Å². The zero-order chi connectivity index (χ0) is 21.4. The maximum atomic E-state index is 13.1. The molecule has 31 heavy (non-hydrogen) atoms. The highest BCUT2D eigenvalue weighted by Crippen LogP contribution is 2.24. The number of hydrogen-bond donors (Lipinski definition) is 0. The van der Waals surface area contributed by atoms with Crippen molar-refractivity contribution in [3.05, 3.63) is 71.4 Å². The van der Waals surface area contributed by atoms with Gasteiger partial charge in [-0.2, -0.15) is 0 Å². The number of benzene rings is 2. The predicted molar refractivity (Wildman–Crippen MR) is 118 cm³/mol. The normalized spacial score (nSPS) is 15.9. The van der Waals surface area contributed by atoms with E-state index in [0.29, 0.717) is 31.7 Å². The minimum Gasteiger partial charge on any atom is -0.337 e. The second-order valence-corrected chi connectivity index (χ2v) is 8.35. The van der Waals surface area contributed by atoms with Crippen LogP contribution in [0, 0.1) is 0 Å². The van der Waals surface area contributed by atoms with Gasteiger partial charge in [0.05, 0.1) is 5.56 Å². The Morgan fingerprint density at radius 3 is 2.32 bits per heavy atom. The van der Waals surface area contributed by atoms with E-state index in [0.717, 1.165) is 30.2 Å². The molecule has 0 N–H and O–H groups in total. The van der Waals surface area contributed by atoms with E-state index in [1.54, 1.807) is 11.1 Å². The third-order valence-corrected chi connectivity index (χ3v) is 6.41. The average molecular weight is 415 g/mol. The Balaban J connectivity index is 1.40. The quantitative estimate of drug-likeness (QED) is 0.486. The van der Waals surface area contributed by atoms with Gasteiger partial charge in [0.2, 0.25) is 5.91 Å². The van der Waals surface area contributed by atoms with Gasteiger partial charge in [0.15, 0.2) is 0 Å². The van der Waals surface area contributed by atoms with Crippen molar-refractivity contribution in [2.75, 3.05) is 19.6 Å². The predicted octanol–water partition coefficient (Wildman–Crippen LogP) is 3.03. The summed E-state index contributed by atoms with van der Waals surface area (Å²) < 4.78 is 1.81. The third-order valence-electron chi connectivity index (χ3n) is 6.41. The van der Waals surface area contributed by atoms with Crippen molar-refractivity contribution in [3.63, 3.8) is 0 Å². The third kappa shape index (κ3) is 3.63. The fraction of sp³-hybridized carbons (Fsp3) is 0.320. The number of nitrogens with zero attached hydrogens (tertiary/aromatic N) is 3. The van der Waals surface area contributed by atoms with Gasteiger partial charge >= 0.3 is 0 Å². The molecular formula is C25H25N3O3. The number of likely N-dealkylation sites (tertiary alicyclic amines) is 1. The fourth-order valence-corrected chi connectivity index (χ4v) is 4.69. The van der Waals surface area contributed by atoms with Gasteiger partial charge in [-0.3, -0.25) is 14.4 Å². The number of carbonyl (C=O) groups is 3. The van der Waals surface area contributed by atoms with E-state index in [9.17, 15) is 14.4 Å². The Bertz CT molecular complexity index is 1170. The van der Waals surface area contributed by atoms with E-state index in [1.165, 1.54) is 11.1 Å². The van der Waals surface area contributed by atoms with Crippen LogP contribution < -0.4 is 0 Å². The first-order valence-corrected chi connectivity index (χ1v) is 10.9. The van der Waals surface area contributed by atoms with Crippen molar-refractivity contribution in [1.82, 2.24) is 14.4 Å². The molecule has 158 valence electrons. The van der Waals surface area contributed by atoms with Gasteiger partial charge in [-0.05, 0) is 36.5 Å². The monoisotopic (exact) mass is 415 g/mol. The smallest absolute Gasteiger partial charge is 0.295 e. The summed E-state index contributed by atoms with van der Waals surface area (Å²) in [5.74, 6) is -0.921. The van der Waals surface area contributed by atoms with Crippen LogP contribution in [0.25, 0.3) is 10.9 Å². The summed E-state index contributed by atoms with van der Waals surface area (Å²) in [6.07, 6.45) is 4.40. The number of para-hydroxylation sites is 1. The molecule has 0 unspecified atom stereocenters. The zero-order valence-electron chi connectivity index (χ0n) is 17.4. The highest BCUT2D eigenvalue weighted by atomic mass is 16.2. The highest BCUT2D eigenvalue weighted by molar-refractivity contribution is 6.44. The Kier molecular flexibility index (Phi) is 5.06. The second-order valence-electron chi connectivity index (χ2n) is 8.35. The lowest BCUT2D eigenvalue weighted by molar-refractivity contribution is -0.132. The van der Waals surface area contributed by atoms with Crippen LogP contribution in [0.15, 0.2) is 54.7 Å². The summed E-state index contributed by atoms with van der Waals surface area (Å²) in [6.45, 7) is 2.71. The molecule has 0 spiro atoms. The van der Waals surface area contributed by atoms with Gasteiger partial charge in [-0.15, -0.1) is 0 Å². The Morgan fingerprint density at radius 1 is 0.806 bits per heavy atom. The van der Waals surface area contributed by atoms with Crippen LogP contribution in [0.5, 0.6) is 0 Å². The number of amides is 2. The van der Waals surface area contributed by atoms with Crippen LogP contribution in [-0.2, 0) is 29.1 Å². The number of aromatic nitrogens is 1. The highest BCUT2D eigenvalue weighted by Gasteiger charge is 2.28. The van der Waals surface area contributed by atoms with E-state index in [2.05, 4.69) is 12.1 Å². The van der Waals surface area contributed by atoms with Crippen LogP contribution in [-0.4, -0.2) is 51.6 Å². The number of hydrogen-bond acceptors (Lipinski definition) is 3. The minimum absolute atomic E-state index is 0.0140. The first-order valence-electron chi connectivity index (χ1n) is 10.9. The van der Waals surface area contributed by atoms with E-state index in [4.69, 9.17) is 0 Å². The van der Waals surface area contributed by atoms with E-state index in [1.807, 2.05) is 45.9 Å². The first kappa shape index (κ1) is 19.5. The molecule has 1 aromatic heterocycles. The lowest BCUT2D eigenvalue weighted by Gasteiger charge is -2.29. The van der Waals surface area contributed by atoms with Crippen LogP contribution >= 0.6 is 0 Å². The number of Topliss-reactive ketones (excluding diaryl/α,β-unsaturated/α-hetero) is 1. The van der Waals surface area contributed by atoms with Crippen molar-refractivity contribution in [3.8, 4) is 0 Å². The lowest BCUT2D eigenvalue weighted by Crippen LogP contribution is -2.37. The topological polar surface area (TPSA) is 62.6 Å². The van der Waals surface area contributed by atoms with Gasteiger partial charge in [-0.1, -0.05) is 42.5 Å². The van der Waals surface area contributed by atoms with E-state index >= 15 is 0 Å². The maximum absolute atomic E-state index is 13.1. The van der Waals surface area contributed by atoms with Crippen LogP contribution in [0.2, 0.25) is 0 Å². The molecule has 0 saturated carbocycles. The maximum Gasteiger partial charge on any atom is 0.295 e. The van der Waals surface area contributed by atoms with Gasteiger partial charge < -0.3 is 14.4 Å². The number of fused-ring (bicyclic) bond motifs is 2. The lowest BCUT2D eigenvalue weighted by atomic mass is 10.00. The van der Waals surface area contributed by atoms with Crippen molar-refractivity contribution in [1.29, 1.82) is 0 Å². The standard InChI is InChI=1S/C25H25N3O3/c29-23(27-14-11-18-7-1-2-8-19(18)15-27)17-28-16-21(20-9-3-4-10-22(20)28)24(30)25(31)26-12-5-6-13-26/h1-4,7-10,16H,5-6,11-15,17H2. The molecule has 0 atom stereocenters. The van der Waals surface area contributed by atoms with E-state index < -0.39 is 11.7 Å². The van der Waals surface area contributed by atoms with Crippen molar-refractivity contribution in [2.24, 2.45) is 0 Å². The van der Waals surface area contributed by atoms with E-state index in [-0.39, 0.29) is 12.5 Å². The summed E-state index contributed by atoms with van der Waals surface area (Å²) >= 11 is 0. The molecule has 6 nitrogen and oxygen atoms in total. The molecule has 3 heterocycles. The molecule has 6 heteroatoms. The Labute approximate surface area is 181 Å². The molecule has 2 aliphatic rings. The van der Waals surface area contributed by atoms with Crippen LogP contribution in [0.4, 0.5) is 0 Å². The summed E-state index contributed by atoms with van der Waals surface area (Å²) in [4.78, 5) is 42.2. The van der Waals surface area contributed by atoms with Gasteiger partial charge in [0, 0.05) is 43.3 Å². The van der Waals surface area contributed by atoms with Crippen molar-refractivity contribution in [2.45, 2.75) is 32.4 Å². The molecule has 3 aromatic rings. The largest absolute Gasteiger partial charge is 0.337 e. The van der Waals surface area contributed by atoms with Gasteiger partial charge in [0.25, 0.3) is 11.7 Å². The van der Waals surface area contributed by atoms with Gasteiger partial charge in [0.1, 0.15) is 6.54 Å². The second kappa shape index (κ2) is 8.02. The minimum atomic E-state index is -0.490. The molecule has 0 aliphatic carbocycles. The first-order chi connectivity index (χ1) is 15.1. The summed E-state index contributed by atoms with van der Waals surface area (Å²) in [6, 6.07) is 15.7. The van der Waals surface area contributed by atoms with Crippen molar-refractivity contribution < 1.29 is 14.4 Å². The van der Waals surface area contributed by atoms with Crippen LogP contribution in [0.3, 0.4) is 0 Å². The summed E-state index contributed by atoms with van der Waals surface area (Å²) in [7, 11) is 0. The molecule has 2 aliphatic heterocycles. The molecule has 0 bridgehead atoms.